The number of fused-ring (bicyclic) bond motifs is 3. The fourth-order valence-corrected chi connectivity index (χ4v) is 2.68. The molecule has 0 heterocycles. The Hall–Kier alpha value is -0.660. The number of hydrogen-bond acceptors (Lipinski definition) is 0. The molecule has 0 atom stereocenters. The molecule has 0 aliphatic heterocycles. The standard InChI is InChI=1S/C13H9.C8H11.C2H6Si.2ClH.Zr/c1-3-7-12-10(5-1)9-11-6-2-4-8-13(11)12;1-7(2)8-5-3-4-6-8;1-3-2;;;/h1-9H;3-7H,1-2H3;1-2H3;2*1H;/q2*-1;;;;+2/p-2. The second-order valence-electron chi connectivity index (χ2n) is 6.69. The molecule has 0 aliphatic rings. The average Bonchev–Trinajstić information content (AvgIpc) is 3.23. The van der Waals surface area contributed by atoms with Gasteiger partial charge in [0, 0.05) is 0 Å². The van der Waals surface area contributed by atoms with Crippen molar-refractivity contribution in [2.75, 3.05) is 0 Å². The maximum absolute atomic E-state index is 2.31. The van der Waals surface area contributed by atoms with Gasteiger partial charge >= 0.3 is 41.9 Å². The molecule has 4 rings (SSSR count). The van der Waals surface area contributed by atoms with Crippen molar-refractivity contribution < 1.29 is 48.1 Å². The fourth-order valence-electron chi connectivity index (χ4n) is 2.68. The Labute approximate surface area is 191 Å². The van der Waals surface area contributed by atoms with Gasteiger partial charge in [0.2, 0.25) is 0 Å². The van der Waals surface area contributed by atoms with E-state index < -0.39 is 0 Å². The maximum Gasteiger partial charge on any atom is -0.0771 e. The van der Waals surface area contributed by atoms with Gasteiger partial charge in [-0.05, 0) is 0 Å². The van der Waals surface area contributed by atoms with Crippen LogP contribution in [-0.4, -0.2) is 5.43 Å². The number of hydrogen-bond donors (Lipinski definition) is 0. The molecule has 0 saturated heterocycles. The van der Waals surface area contributed by atoms with Gasteiger partial charge in [0.05, 0.1) is 0 Å². The summed E-state index contributed by atoms with van der Waals surface area (Å²) in [6.45, 7) is 9.02. The molecule has 0 radical (unpaired) electrons. The molecular weight excluding hydrogens is 466 g/mol. The van der Waals surface area contributed by atoms with E-state index in [0.29, 0.717) is 5.92 Å². The van der Waals surface area contributed by atoms with Crippen molar-refractivity contribution in [3.8, 4) is 0 Å². The van der Waals surface area contributed by atoms with E-state index in [1.165, 1.54) is 27.1 Å². The quantitative estimate of drug-likeness (QED) is 0.275. The van der Waals surface area contributed by atoms with Crippen LogP contribution in [0, 0.1) is 0 Å². The summed E-state index contributed by atoms with van der Waals surface area (Å²) in [5, 5.41) is 5.39. The third kappa shape index (κ3) is 8.48. The smallest absolute Gasteiger partial charge is 0.0771 e. The Morgan fingerprint density at radius 1 is 0.815 bits per heavy atom. The van der Waals surface area contributed by atoms with Crippen molar-refractivity contribution in [1.82, 2.24) is 0 Å². The van der Waals surface area contributed by atoms with E-state index in [0.717, 1.165) is 0 Å². The molecule has 0 amide bonds. The molecule has 0 fully saturated rings. The maximum atomic E-state index is 2.31. The molecule has 4 aromatic carbocycles. The molecule has 0 nitrogen and oxygen atoms in total. The first-order chi connectivity index (χ1) is 12.0. The van der Waals surface area contributed by atoms with E-state index >= 15 is 0 Å². The van der Waals surface area contributed by atoms with Crippen LogP contribution in [0.1, 0.15) is 25.3 Å². The second-order valence-corrected chi connectivity index (χ2v) is 16.1. The first-order valence-electron chi connectivity index (χ1n) is 8.75. The number of rotatable bonds is 1. The van der Waals surface area contributed by atoms with Gasteiger partial charge in [-0.2, -0.15) is 23.8 Å². The zero-order valence-corrected chi connectivity index (χ0v) is 21.3. The topological polar surface area (TPSA) is 0 Å². The van der Waals surface area contributed by atoms with Gasteiger partial charge in [0.1, 0.15) is 0 Å². The zero-order valence-electron chi connectivity index (χ0n) is 16.3. The summed E-state index contributed by atoms with van der Waals surface area (Å²) >= 11 is 1.74. The average molecular weight is 493 g/mol. The van der Waals surface area contributed by atoms with Crippen molar-refractivity contribution in [2.45, 2.75) is 32.9 Å². The molecule has 0 spiro atoms. The van der Waals surface area contributed by atoms with Crippen molar-refractivity contribution in [1.29, 1.82) is 0 Å². The van der Waals surface area contributed by atoms with Gasteiger partial charge in [-0.1, -0.05) is 56.2 Å². The Bertz CT molecular complexity index is 870. The predicted molar refractivity (Wildman–Crippen MR) is 111 cm³/mol. The molecule has 4 heteroatoms. The van der Waals surface area contributed by atoms with Crippen molar-refractivity contribution in [2.24, 2.45) is 0 Å². The van der Waals surface area contributed by atoms with Crippen molar-refractivity contribution in [3.05, 3.63) is 84.4 Å². The molecule has 27 heavy (non-hydrogen) atoms. The summed E-state index contributed by atoms with van der Waals surface area (Å²) in [4.78, 5) is 0. The van der Waals surface area contributed by atoms with Crippen LogP contribution in [0.3, 0.4) is 0 Å². The summed E-state index contributed by atoms with van der Waals surface area (Å²) in [5.41, 5.74) is 1.65. The minimum atomic E-state index is 0. The molecular formula is C23H26Cl2SiZr-2. The van der Waals surface area contributed by atoms with Crippen LogP contribution in [0.4, 0.5) is 0 Å². The summed E-state index contributed by atoms with van der Waals surface area (Å²) in [6, 6.07) is 27.7. The fraction of sp³-hybridized carbons (Fsp3) is 0.217. The molecule has 142 valence electrons. The summed E-state index contributed by atoms with van der Waals surface area (Å²) in [5.74, 6) is 0.685. The van der Waals surface area contributed by atoms with E-state index in [-0.39, 0.29) is 30.2 Å². The van der Waals surface area contributed by atoms with Crippen LogP contribution in [-0.2, 0) is 23.3 Å². The first-order valence-corrected chi connectivity index (χ1v) is 14.9. The van der Waals surface area contributed by atoms with Crippen LogP contribution in [0.5, 0.6) is 0 Å². The Morgan fingerprint density at radius 3 is 1.59 bits per heavy atom. The van der Waals surface area contributed by atoms with Crippen LogP contribution < -0.4 is 24.8 Å². The molecule has 0 bridgehead atoms. The molecule has 4 aromatic rings. The third-order valence-electron chi connectivity index (χ3n) is 3.88. The van der Waals surface area contributed by atoms with E-state index in [4.69, 9.17) is 0 Å². The minimum absolute atomic E-state index is 0. The summed E-state index contributed by atoms with van der Waals surface area (Å²) in [6.07, 6.45) is 0. The van der Waals surface area contributed by atoms with Crippen LogP contribution >= 0.6 is 0 Å². The van der Waals surface area contributed by atoms with E-state index in [1.54, 1.807) is 23.3 Å². The molecule has 0 unspecified atom stereocenters. The Morgan fingerprint density at radius 2 is 1.26 bits per heavy atom. The Kier molecular flexibility index (Phi) is 13.2. The monoisotopic (exact) mass is 490 g/mol. The third-order valence-corrected chi connectivity index (χ3v) is 3.88. The SMILES string of the molecule is CC(C)c1cc[cH-]c1.C[Si](C)=[Zr+2].[Cl-].[Cl-].c1ccc2c(c1)[cH-]c1ccccc12. The van der Waals surface area contributed by atoms with Gasteiger partial charge in [-0.3, -0.25) is 0 Å². The normalized spacial score (nSPS) is 9.44. The van der Waals surface area contributed by atoms with Crippen molar-refractivity contribution >= 4 is 27.0 Å². The van der Waals surface area contributed by atoms with Gasteiger partial charge in [-0.15, -0.1) is 39.7 Å². The van der Waals surface area contributed by atoms with E-state index in [1.807, 2.05) is 0 Å². The van der Waals surface area contributed by atoms with E-state index in [2.05, 4.69) is 106 Å². The molecule has 0 aliphatic carbocycles. The van der Waals surface area contributed by atoms with Gasteiger partial charge in [-0.25, -0.2) is 6.07 Å². The number of halogens is 2. The first kappa shape index (κ1) is 26.3. The summed E-state index contributed by atoms with van der Waals surface area (Å²) in [7, 11) is 0. The Balaban J connectivity index is 0.000000422. The molecule has 0 aromatic heterocycles. The van der Waals surface area contributed by atoms with Crippen LogP contribution in [0.25, 0.3) is 21.5 Å². The van der Waals surface area contributed by atoms with Gasteiger partial charge in [0.25, 0.3) is 0 Å². The minimum Gasteiger partial charge on any atom is -1.00 e. The second kappa shape index (κ2) is 13.5. The molecule has 0 N–H and O–H groups in total. The van der Waals surface area contributed by atoms with Gasteiger partial charge < -0.3 is 24.8 Å². The zero-order chi connectivity index (χ0) is 18.2. The number of benzene rings is 2. The van der Waals surface area contributed by atoms with Gasteiger partial charge in [0.15, 0.2) is 0 Å². The predicted octanol–water partition coefficient (Wildman–Crippen LogP) is 1.03. The summed E-state index contributed by atoms with van der Waals surface area (Å²) < 4.78 is 0. The van der Waals surface area contributed by atoms with Crippen LogP contribution in [0.2, 0.25) is 13.1 Å². The van der Waals surface area contributed by atoms with Crippen LogP contribution in [0.15, 0.2) is 78.9 Å². The van der Waals surface area contributed by atoms with E-state index in [9.17, 15) is 0 Å². The largest absolute Gasteiger partial charge is 1.00 e. The molecule has 0 saturated carbocycles. The van der Waals surface area contributed by atoms with Crippen molar-refractivity contribution in [3.63, 3.8) is 0 Å².